The first kappa shape index (κ1) is 9.27. The van der Waals surface area contributed by atoms with E-state index in [1.165, 1.54) is 0 Å². The number of halogens is 3. The molecule has 2 aliphatic heterocycles. The van der Waals surface area contributed by atoms with Gasteiger partial charge in [0.1, 0.15) is 17.6 Å². The Morgan fingerprint density at radius 2 is 2.00 bits per heavy atom. The fraction of sp³-hybridized carbons (Fsp3) is 1.00. The maximum Gasteiger partial charge on any atom is 0.396 e. The van der Waals surface area contributed by atoms with Crippen molar-refractivity contribution in [1.29, 1.82) is 0 Å². The monoisotopic (exact) mass is 196 g/mol. The van der Waals surface area contributed by atoms with Crippen LogP contribution >= 0.6 is 0 Å². The molecule has 0 aromatic rings. The minimum atomic E-state index is -4.15. The summed E-state index contributed by atoms with van der Waals surface area (Å²) in [5, 5.41) is 0. The highest BCUT2D eigenvalue weighted by Crippen LogP contribution is 2.51. The summed E-state index contributed by atoms with van der Waals surface area (Å²) in [5.74, 6) is -1.34. The normalized spacial score (nSPS) is 44.3. The van der Waals surface area contributed by atoms with Crippen LogP contribution in [0.5, 0.6) is 0 Å². The highest BCUT2D eigenvalue weighted by Gasteiger charge is 2.66. The zero-order valence-corrected chi connectivity index (χ0v) is 7.23. The van der Waals surface area contributed by atoms with Crippen LogP contribution in [0.1, 0.15) is 13.3 Å². The van der Waals surface area contributed by atoms with Crippen molar-refractivity contribution in [3.63, 3.8) is 0 Å². The van der Waals surface area contributed by atoms with Gasteiger partial charge in [-0.1, -0.05) is 6.92 Å². The van der Waals surface area contributed by atoms with Gasteiger partial charge in [-0.05, 0) is 6.42 Å². The molecule has 13 heavy (non-hydrogen) atoms. The van der Waals surface area contributed by atoms with Crippen LogP contribution in [-0.4, -0.2) is 31.1 Å². The Kier molecular flexibility index (Phi) is 1.86. The molecule has 0 spiro atoms. The standard InChI is InChI=1S/C8H11F3O2/c1-2-7(6-4-12-6)5(3-13-7)8(9,10)11/h5-6H,2-4H2,1H3. The SMILES string of the molecule is CCC1(C2CO2)OCC1C(F)(F)F. The Morgan fingerprint density at radius 1 is 1.38 bits per heavy atom. The molecule has 3 atom stereocenters. The third-order valence-electron chi connectivity index (χ3n) is 2.93. The van der Waals surface area contributed by atoms with Gasteiger partial charge in [-0.3, -0.25) is 0 Å². The Labute approximate surface area is 74.0 Å². The van der Waals surface area contributed by atoms with Gasteiger partial charge in [0.15, 0.2) is 0 Å². The van der Waals surface area contributed by atoms with Gasteiger partial charge in [-0.15, -0.1) is 0 Å². The van der Waals surface area contributed by atoms with Crippen LogP contribution in [0.2, 0.25) is 0 Å². The Hall–Kier alpha value is -0.290. The predicted octanol–water partition coefficient (Wildman–Crippen LogP) is 1.74. The average Bonchev–Trinajstić information content (AvgIpc) is 2.66. The van der Waals surface area contributed by atoms with Crippen molar-refractivity contribution in [2.45, 2.75) is 31.2 Å². The molecule has 0 aliphatic carbocycles. The van der Waals surface area contributed by atoms with Crippen molar-refractivity contribution in [1.82, 2.24) is 0 Å². The second-order valence-electron chi connectivity index (χ2n) is 3.54. The molecule has 2 aliphatic rings. The van der Waals surface area contributed by atoms with Crippen LogP contribution in [0.3, 0.4) is 0 Å². The average molecular weight is 196 g/mol. The minimum Gasteiger partial charge on any atom is -0.371 e. The molecule has 0 saturated carbocycles. The topological polar surface area (TPSA) is 21.8 Å². The number of rotatable bonds is 2. The highest BCUT2D eigenvalue weighted by atomic mass is 19.4. The van der Waals surface area contributed by atoms with E-state index in [0.717, 1.165) is 0 Å². The maximum atomic E-state index is 12.4. The predicted molar refractivity (Wildman–Crippen MR) is 38.3 cm³/mol. The fourth-order valence-corrected chi connectivity index (χ4v) is 1.98. The highest BCUT2D eigenvalue weighted by molar-refractivity contribution is 5.07. The van der Waals surface area contributed by atoms with Crippen molar-refractivity contribution >= 4 is 0 Å². The number of epoxide rings is 1. The number of alkyl halides is 3. The molecule has 0 N–H and O–H groups in total. The summed E-state index contributed by atoms with van der Waals surface area (Å²) in [6.45, 7) is 1.90. The van der Waals surface area contributed by atoms with Gasteiger partial charge in [0, 0.05) is 0 Å². The smallest absolute Gasteiger partial charge is 0.371 e. The van der Waals surface area contributed by atoms with Crippen LogP contribution in [0.4, 0.5) is 13.2 Å². The molecule has 0 radical (unpaired) electrons. The van der Waals surface area contributed by atoms with E-state index in [0.29, 0.717) is 13.0 Å². The molecular formula is C8H11F3O2. The second kappa shape index (κ2) is 2.60. The van der Waals surface area contributed by atoms with Gasteiger partial charge < -0.3 is 9.47 Å². The Balaban J connectivity index is 2.13. The Morgan fingerprint density at radius 3 is 2.23 bits per heavy atom. The van der Waals surface area contributed by atoms with Gasteiger partial charge in [0.05, 0.1) is 13.2 Å². The van der Waals surface area contributed by atoms with Crippen molar-refractivity contribution in [3.05, 3.63) is 0 Å². The first-order valence-electron chi connectivity index (χ1n) is 4.33. The van der Waals surface area contributed by atoms with Crippen molar-refractivity contribution in [3.8, 4) is 0 Å². The van der Waals surface area contributed by atoms with Gasteiger partial charge in [-0.2, -0.15) is 13.2 Å². The van der Waals surface area contributed by atoms with Crippen molar-refractivity contribution in [2.24, 2.45) is 5.92 Å². The maximum absolute atomic E-state index is 12.4. The third kappa shape index (κ3) is 1.25. The lowest BCUT2D eigenvalue weighted by Crippen LogP contribution is -2.62. The zero-order valence-electron chi connectivity index (χ0n) is 7.23. The molecule has 5 heteroatoms. The van der Waals surface area contributed by atoms with Crippen LogP contribution in [-0.2, 0) is 9.47 Å². The summed E-state index contributed by atoms with van der Waals surface area (Å²) < 4.78 is 47.3. The molecule has 2 heterocycles. The molecule has 0 aromatic heterocycles. The molecule has 0 amide bonds. The van der Waals surface area contributed by atoms with E-state index in [-0.39, 0.29) is 12.7 Å². The van der Waals surface area contributed by atoms with Gasteiger partial charge >= 0.3 is 6.18 Å². The molecule has 2 nitrogen and oxygen atoms in total. The van der Waals surface area contributed by atoms with Gasteiger partial charge in [0.2, 0.25) is 0 Å². The lowest BCUT2D eigenvalue weighted by Gasteiger charge is -2.48. The summed E-state index contributed by atoms with van der Waals surface area (Å²) in [6, 6.07) is 0. The summed E-state index contributed by atoms with van der Waals surface area (Å²) in [5.41, 5.74) is -1.07. The van der Waals surface area contributed by atoms with Crippen LogP contribution in [0.15, 0.2) is 0 Å². The molecule has 0 bridgehead atoms. The summed E-state index contributed by atoms with van der Waals surface area (Å²) in [4.78, 5) is 0. The third-order valence-corrected chi connectivity index (χ3v) is 2.93. The summed E-state index contributed by atoms with van der Waals surface area (Å²) in [6.07, 6.45) is -4.12. The minimum absolute atomic E-state index is 0.211. The van der Waals surface area contributed by atoms with E-state index < -0.39 is 17.7 Å². The van der Waals surface area contributed by atoms with Crippen molar-refractivity contribution < 1.29 is 22.6 Å². The molecule has 2 rings (SSSR count). The fourth-order valence-electron chi connectivity index (χ4n) is 1.98. The van der Waals surface area contributed by atoms with Crippen LogP contribution < -0.4 is 0 Å². The Bertz CT molecular complexity index is 208. The quantitative estimate of drug-likeness (QED) is 0.627. The van der Waals surface area contributed by atoms with Gasteiger partial charge in [0.25, 0.3) is 0 Å². The van der Waals surface area contributed by atoms with Crippen molar-refractivity contribution in [2.75, 3.05) is 13.2 Å². The molecule has 2 saturated heterocycles. The second-order valence-corrected chi connectivity index (χ2v) is 3.54. The van der Waals surface area contributed by atoms with E-state index in [4.69, 9.17) is 9.47 Å². The van der Waals surface area contributed by atoms with E-state index in [9.17, 15) is 13.2 Å². The summed E-state index contributed by atoms with van der Waals surface area (Å²) >= 11 is 0. The number of ether oxygens (including phenoxy) is 2. The van der Waals surface area contributed by atoms with Gasteiger partial charge in [-0.25, -0.2) is 0 Å². The number of hydrogen-bond donors (Lipinski definition) is 0. The molecule has 3 unspecified atom stereocenters. The van der Waals surface area contributed by atoms with E-state index in [2.05, 4.69) is 0 Å². The lowest BCUT2D eigenvalue weighted by atomic mass is 9.77. The van der Waals surface area contributed by atoms with Crippen LogP contribution in [0.25, 0.3) is 0 Å². The summed E-state index contributed by atoms with van der Waals surface area (Å²) in [7, 11) is 0. The van der Waals surface area contributed by atoms with Crippen LogP contribution in [0, 0.1) is 5.92 Å². The molecule has 76 valence electrons. The first-order valence-corrected chi connectivity index (χ1v) is 4.33. The zero-order chi connectivity index (χ0) is 9.69. The van der Waals surface area contributed by atoms with E-state index in [1.54, 1.807) is 6.92 Å². The first-order chi connectivity index (χ1) is 6.00. The number of hydrogen-bond acceptors (Lipinski definition) is 2. The van der Waals surface area contributed by atoms with E-state index in [1.807, 2.05) is 0 Å². The van der Waals surface area contributed by atoms with E-state index >= 15 is 0 Å². The lowest BCUT2D eigenvalue weighted by molar-refractivity contribution is -0.324. The molecule has 2 fully saturated rings. The molecule has 0 aromatic carbocycles. The largest absolute Gasteiger partial charge is 0.396 e. The molecular weight excluding hydrogens is 185 g/mol.